The van der Waals surface area contributed by atoms with Gasteiger partial charge in [0.1, 0.15) is 0 Å². The molecule has 0 radical (unpaired) electrons. The molecule has 0 amide bonds. The smallest absolute Gasteiger partial charge is 0.213 e. The third-order valence-electron chi connectivity index (χ3n) is 5.75. The molecule has 0 aromatic heterocycles. The van der Waals surface area contributed by atoms with E-state index in [4.69, 9.17) is 0 Å². The van der Waals surface area contributed by atoms with Crippen molar-refractivity contribution in [3.8, 4) is 11.1 Å². The average molecular weight is 371 g/mol. The molecular weight excluding hydrogens is 344 g/mol. The van der Waals surface area contributed by atoms with Gasteiger partial charge in [-0.25, -0.2) is 12.7 Å². The van der Waals surface area contributed by atoms with Gasteiger partial charge in [-0.2, -0.15) is 0 Å². The molecule has 2 heterocycles. The minimum Gasteiger partial charge on any atom is -0.298 e. The first-order valence-electron chi connectivity index (χ1n) is 9.34. The van der Waals surface area contributed by atoms with Gasteiger partial charge in [0.05, 0.1) is 5.75 Å². The number of rotatable bonds is 5. The molecule has 4 rings (SSSR count). The molecule has 2 aliphatic heterocycles. The normalized spacial score (nSPS) is 20.3. The van der Waals surface area contributed by atoms with E-state index in [1.165, 1.54) is 16.7 Å². The Morgan fingerprint density at radius 3 is 2.23 bits per heavy atom. The van der Waals surface area contributed by atoms with Crippen molar-refractivity contribution in [1.82, 2.24) is 9.21 Å². The number of hydrogen-bond donors (Lipinski definition) is 0. The summed E-state index contributed by atoms with van der Waals surface area (Å²) < 4.78 is 25.8. The van der Waals surface area contributed by atoms with E-state index in [1.54, 1.807) is 11.2 Å². The molecule has 0 unspecified atom stereocenters. The van der Waals surface area contributed by atoms with Gasteiger partial charge in [0, 0.05) is 38.1 Å². The molecule has 26 heavy (non-hydrogen) atoms. The molecule has 2 aliphatic rings. The summed E-state index contributed by atoms with van der Waals surface area (Å²) in [6, 6.07) is 19.2. The van der Waals surface area contributed by atoms with Crippen molar-refractivity contribution in [3.05, 3.63) is 60.2 Å². The van der Waals surface area contributed by atoms with Crippen molar-refractivity contribution in [3.63, 3.8) is 0 Å². The molecule has 0 aliphatic carbocycles. The molecule has 5 heteroatoms. The topological polar surface area (TPSA) is 40.6 Å². The van der Waals surface area contributed by atoms with Gasteiger partial charge in [0.25, 0.3) is 0 Å². The fourth-order valence-corrected chi connectivity index (χ4v) is 5.48. The Kier molecular flexibility index (Phi) is 4.63. The SMILES string of the molecule is CCS(=O)(=O)N1CCC2(CN(Cc3ccc(-c4ccccc4)cc3)C2)C1. The van der Waals surface area contributed by atoms with Crippen LogP contribution in [-0.4, -0.2) is 49.6 Å². The Bertz CT molecular complexity index is 857. The van der Waals surface area contributed by atoms with E-state index in [0.717, 1.165) is 26.1 Å². The van der Waals surface area contributed by atoms with Gasteiger partial charge >= 0.3 is 0 Å². The maximum Gasteiger partial charge on any atom is 0.213 e. The average Bonchev–Trinajstić information content (AvgIpc) is 3.09. The Morgan fingerprint density at radius 2 is 1.58 bits per heavy atom. The highest BCUT2D eigenvalue weighted by Gasteiger charge is 2.49. The fourth-order valence-electron chi connectivity index (χ4n) is 4.28. The van der Waals surface area contributed by atoms with E-state index in [2.05, 4.69) is 53.4 Å². The summed E-state index contributed by atoms with van der Waals surface area (Å²) in [7, 11) is -3.04. The van der Waals surface area contributed by atoms with E-state index >= 15 is 0 Å². The third-order valence-corrected chi connectivity index (χ3v) is 7.57. The van der Waals surface area contributed by atoms with Crippen LogP contribution in [0, 0.1) is 5.41 Å². The van der Waals surface area contributed by atoms with Gasteiger partial charge in [0.2, 0.25) is 10.0 Å². The van der Waals surface area contributed by atoms with Crippen LogP contribution in [0.3, 0.4) is 0 Å². The van der Waals surface area contributed by atoms with Crippen LogP contribution in [0.1, 0.15) is 18.9 Å². The van der Waals surface area contributed by atoms with Gasteiger partial charge in [0.15, 0.2) is 0 Å². The van der Waals surface area contributed by atoms with Crippen LogP contribution in [0.4, 0.5) is 0 Å². The van der Waals surface area contributed by atoms with Gasteiger partial charge in [-0.3, -0.25) is 4.90 Å². The first-order valence-corrected chi connectivity index (χ1v) is 11.0. The summed E-state index contributed by atoms with van der Waals surface area (Å²) in [5.74, 6) is 0.209. The number of benzene rings is 2. The summed E-state index contributed by atoms with van der Waals surface area (Å²) >= 11 is 0. The monoisotopic (exact) mass is 370 g/mol. The minimum atomic E-state index is -3.04. The quantitative estimate of drug-likeness (QED) is 0.811. The molecule has 0 atom stereocenters. The summed E-state index contributed by atoms with van der Waals surface area (Å²) in [6.45, 7) is 6.07. The summed E-state index contributed by atoms with van der Waals surface area (Å²) in [4.78, 5) is 2.43. The highest BCUT2D eigenvalue weighted by Crippen LogP contribution is 2.41. The minimum absolute atomic E-state index is 0.187. The molecule has 4 nitrogen and oxygen atoms in total. The number of hydrogen-bond acceptors (Lipinski definition) is 3. The molecule has 1 spiro atoms. The second-order valence-corrected chi connectivity index (χ2v) is 9.95. The van der Waals surface area contributed by atoms with Gasteiger partial charge in [-0.1, -0.05) is 54.6 Å². The van der Waals surface area contributed by atoms with E-state index in [1.807, 2.05) is 6.07 Å². The van der Waals surface area contributed by atoms with Crippen molar-refractivity contribution >= 4 is 10.0 Å². The summed E-state index contributed by atoms with van der Waals surface area (Å²) in [6.07, 6.45) is 0.996. The van der Waals surface area contributed by atoms with Crippen molar-refractivity contribution in [2.24, 2.45) is 5.41 Å². The lowest BCUT2D eigenvalue weighted by Crippen LogP contribution is -2.57. The molecule has 0 bridgehead atoms. The lowest BCUT2D eigenvalue weighted by Gasteiger charge is -2.48. The standard InChI is InChI=1S/C21H26N2O2S/c1-2-26(24,25)23-13-12-21(17-23)15-22(16-21)14-18-8-10-20(11-9-18)19-6-4-3-5-7-19/h3-11H,2,12-17H2,1H3. The van der Waals surface area contributed by atoms with Crippen LogP contribution in [0.15, 0.2) is 54.6 Å². The second kappa shape index (κ2) is 6.80. The van der Waals surface area contributed by atoms with Crippen LogP contribution in [0.25, 0.3) is 11.1 Å². The third kappa shape index (κ3) is 3.43. The molecule has 138 valence electrons. The number of likely N-dealkylation sites (tertiary alicyclic amines) is 1. The van der Waals surface area contributed by atoms with Gasteiger partial charge in [-0.15, -0.1) is 0 Å². The van der Waals surface area contributed by atoms with E-state index < -0.39 is 10.0 Å². The predicted molar refractivity (Wildman–Crippen MR) is 105 cm³/mol. The highest BCUT2D eigenvalue weighted by molar-refractivity contribution is 7.89. The Morgan fingerprint density at radius 1 is 0.923 bits per heavy atom. The van der Waals surface area contributed by atoms with Crippen LogP contribution in [-0.2, 0) is 16.6 Å². The predicted octanol–water partition coefficient (Wildman–Crippen LogP) is 3.21. The van der Waals surface area contributed by atoms with E-state index in [-0.39, 0.29) is 11.2 Å². The molecular formula is C21H26N2O2S. The first-order chi connectivity index (χ1) is 12.5. The van der Waals surface area contributed by atoms with Crippen LogP contribution in [0.5, 0.6) is 0 Å². The Hall–Kier alpha value is -1.69. The Labute approximate surface area is 156 Å². The first kappa shape index (κ1) is 17.7. The Balaban J connectivity index is 1.33. The highest BCUT2D eigenvalue weighted by atomic mass is 32.2. The maximum atomic E-state index is 12.1. The van der Waals surface area contributed by atoms with Crippen LogP contribution >= 0.6 is 0 Å². The largest absolute Gasteiger partial charge is 0.298 e. The van der Waals surface area contributed by atoms with Crippen molar-refractivity contribution in [1.29, 1.82) is 0 Å². The summed E-state index contributed by atoms with van der Waals surface area (Å²) in [5.41, 5.74) is 3.98. The van der Waals surface area contributed by atoms with Gasteiger partial charge in [-0.05, 0) is 30.0 Å². The van der Waals surface area contributed by atoms with Crippen molar-refractivity contribution < 1.29 is 8.42 Å². The zero-order valence-corrected chi connectivity index (χ0v) is 16.1. The fraction of sp³-hybridized carbons (Fsp3) is 0.429. The van der Waals surface area contributed by atoms with Crippen LogP contribution < -0.4 is 0 Å². The van der Waals surface area contributed by atoms with Crippen molar-refractivity contribution in [2.45, 2.75) is 19.9 Å². The van der Waals surface area contributed by atoms with Crippen LogP contribution in [0.2, 0.25) is 0 Å². The van der Waals surface area contributed by atoms with Gasteiger partial charge < -0.3 is 0 Å². The zero-order valence-electron chi connectivity index (χ0n) is 15.3. The summed E-state index contributed by atoms with van der Waals surface area (Å²) in [5, 5.41) is 0. The molecule has 0 saturated carbocycles. The van der Waals surface area contributed by atoms with E-state index in [9.17, 15) is 8.42 Å². The molecule has 2 aromatic rings. The lowest BCUT2D eigenvalue weighted by atomic mass is 9.79. The zero-order chi connectivity index (χ0) is 18.2. The lowest BCUT2D eigenvalue weighted by molar-refractivity contribution is 0.00652. The molecule has 2 saturated heterocycles. The van der Waals surface area contributed by atoms with Crippen molar-refractivity contribution in [2.75, 3.05) is 31.9 Å². The number of nitrogens with zero attached hydrogens (tertiary/aromatic N) is 2. The molecule has 2 aromatic carbocycles. The molecule has 0 N–H and O–H groups in total. The molecule has 2 fully saturated rings. The van der Waals surface area contributed by atoms with E-state index in [0.29, 0.717) is 13.1 Å². The maximum absolute atomic E-state index is 12.1. The number of sulfonamides is 1. The second-order valence-electron chi connectivity index (χ2n) is 7.69.